The summed E-state index contributed by atoms with van der Waals surface area (Å²) in [6, 6.07) is 3.69. The third-order valence-corrected chi connectivity index (χ3v) is 2.14. The molecule has 0 spiro atoms. The largest absolute Gasteiger partial charge is 0.493 e. The van der Waals surface area contributed by atoms with E-state index in [0.29, 0.717) is 12.0 Å². The molecule has 1 aromatic rings. The molecule has 102 valence electrons. The van der Waals surface area contributed by atoms with E-state index >= 15 is 0 Å². The zero-order valence-electron chi connectivity index (χ0n) is 9.93. The van der Waals surface area contributed by atoms with Crippen molar-refractivity contribution in [3.8, 4) is 5.75 Å². The first-order valence-electron chi connectivity index (χ1n) is 5.51. The van der Waals surface area contributed by atoms with Gasteiger partial charge >= 0.3 is 6.18 Å². The molecule has 1 atom stereocenters. The van der Waals surface area contributed by atoms with Gasteiger partial charge in [-0.3, -0.25) is 0 Å². The summed E-state index contributed by atoms with van der Waals surface area (Å²) in [6.45, 7) is 1.24. The van der Waals surface area contributed by atoms with Gasteiger partial charge in [-0.05, 0) is 31.0 Å². The van der Waals surface area contributed by atoms with Gasteiger partial charge in [-0.25, -0.2) is 4.39 Å². The summed E-state index contributed by atoms with van der Waals surface area (Å²) in [5.74, 6) is -0.454. The van der Waals surface area contributed by atoms with Crippen LogP contribution in [-0.2, 0) is 6.42 Å². The molecule has 0 aromatic heterocycles. The maximum absolute atomic E-state index is 13.2. The number of benzene rings is 1. The summed E-state index contributed by atoms with van der Waals surface area (Å²) in [5, 5.41) is 0. The van der Waals surface area contributed by atoms with Gasteiger partial charge in [-0.15, -0.1) is 0 Å². The highest BCUT2D eigenvalue weighted by molar-refractivity contribution is 5.30. The minimum absolute atomic E-state index is 0.0925. The molecule has 0 saturated heterocycles. The highest BCUT2D eigenvalue weighted by Crippen LogP contribution is 2.22. The number of alkyl halides is 3. The Balaban J connectivity index is 2.62. The molecular weight excluding hydrogens is 250 g/mol. The van der Waals surface area contributed by atoms with Crippen LogP contribution in [0.15, 0.2) is 18.2 Å². The van der Waals surface area contributed by atoms with E-state index in [0.717, 1.165) is 6.07 Å². The molecule has 0 aliphatic rings. The second-order valence-electron chi connectivity index (χ2n) is 4.19. The Labute approximate surface area is 103 Å². The molecule has 6 heteroatoms. The molecule has 1 aromatic carbocycles. The van der Waals surface area contributed by atoms with Crippen molar-refractivity contribution in [2.75, 3.05) is 6.61 Å². The summed E-state index contributed by atoms with van der Waals surface area (Å²) in [7, 11) is 0. The second kappa shape index (κ2) is 6.04. The van der Waals surface area contributed by atoms with E-state index in [9.17, 15) is 17.6 Å². The van der Waals surface area contributed by atoms with Crippen molar-refractivity contribution in [1.82, 2.24) is 0 Å². The van der Waals surface area contributed by atoms with Crippen LogP contribution in [0.2, 0.25) is 0 Å². The molecule has 0 saturated carbocycles. The van der Waals surface area contributed by atoms with Gasteiger partial charge in [0.15, 0.2) is 0 Å². The maximum Gasteiger partial charge on any atom is 0.392 e. The predicted molar refractivity (Wildman–Crippen MR) is 59.9 cm³/mol. The standard InChI is InChI=1S/C12H15F4NO/c1-8(17)4-9-5-10(13)7-11(6-9)18-3-2-12(14,15)16/h5-8H,2-4,17H2,1H3. The number of rotatable bonds is 5. The smallest absolute Gasteiger partial charge is 0.392 e. The Morgan fingerprint density at radius 2 is 1.94 bits per heavy atom. The first-order chi connectivity index (χ1) is 8.26. The van der Waals surface area contributed by atoms with Crippen LogP contribution in [0.1, 0.15) is 18.9 Å². The van der Waals surface area contributed by atoms with E-state index in [1.165, 1.54) is 12.1 Å². The zero-order chi connectivity index (χ0) is 13.8. The minimum Gasteiger partial charge on any atom is -0.493 e. The van der Waals surface area contributed by atoms with Crippen molar-refractivity contribution >= 4 is 0 Å². The van der Waals surface area contributed by atoms with Gasteiger partial charge in [0.1, 0.15) is 11.6 Å². The highest BCUT2D eigenvalue weighted by atomic mass is 19.4. The Morgan fingerprint density at radius 3 is 2.50 bits per heavy atom. The van der Waals surface area contributed by atoms with Crippen LogP contribution in [0.3, 0.4) is 0 Å². The lowest BCUT2D eigenvalue weighted by molar-refractivity contribution is -0.139. The van der Waals surface area contributed by atoms with Crippen LogP contribution in [-0.4, -0.2) is 18.8 Å². The molecule has 18 heavy (non-hydrogen) atoms. The molecule has 0 aliphatic carbocycles. The van der Waals surface area contributed by atoms with Crippen LogP contribution >= 0.6 is 0 Å². The number of ether oxygens (including phenoxy) is 1. The van der Waals surface area contributed by atoms with Crippen molar-refractivity contribution < 1.29 is 22.3 Å². The van der Waals surface area contributed by atoms with Crippen LogP contribution in [0, 0.1) is 5.82 Å². The van der Waals surface area contributed by atoms with E-state index in [-0.39, 0.29) is 11.8 Å². The third kappa shape index (κ3) is 5.86. The van der Waals surface area contributed by atoms with Gasteiger partial charge in [0.2, 0.25) is 0 Å². The van der Waals surface area contributed by atoms with Gasteiger partial charge in [0, 0.05) is 12.1 Å². The average molecular weight is 265 g/mol. The molecule has 2 N–H and O–H groups in total. The summed E-state index contributed by atoms with van der Waals surface area (Å²) in [4.78, 5) is 0. The topological polar surface area (TPSA) is 35.2 Å². The molecule has 0 fully saturated rings. The Hall–Kier alpha value is -1.30. The van der Waals surface area contributed by atoms with Crippen molar-refractivity contribution in [3.63, 3.8) is 0 Å². The van der Waals surface area contributed by atoms with E-state index in [2.05, 4.69) is 0 Å². The zero-order valence-corrected chi connectivity index (χ0v) is 9.93. The fourth-order valence-corrected chi connectivity index (χ4v) is 1.48. The van der Waals surface area contributed by atoms with Crippen molar-refractivity contribution in [3.05, 3.63) is 29.6 Å². The van der Waals surface area contributed by atoms with E-state index in [1.54, 1.807) is 6.92 Å². The second-order valence-corrected chi connectivity index (χ2v) is 4.19. The lowest BCUT2D eigenvalue weighted by Gasteiger charge is -2.11. The van der Waals surface area contributed by atoms with Crippen molar-refractivity contribution in [2.24, 2.45) is 5.73 Å². The number of halogens is 4. The van der Waals surface area contributed by atoms with Crippen LogP contribution in [0.4, 0.5) is 17.6 Å². The van der Waals surface area contributed by atoms with E-state index < -0.39 is 25.0 Å². The maximum atomic E-state index is 13.2. The predicted octanol–water partition coefficient (Wildman–Crippen LogP) is 3.05. The van der Waals surface area contributed by atoms with Crippen molar-refractivity contribution in [1.29, 1.82) is 0 Å². The lowest BCUT2D eigenvalue weighted by Crippen LogP contribution is -2.18. The average Bonchev–Trinajstić information content (AvgIpc) is 2.12. The van der Waals surface area contributed by atoms with E-state index in [4.69, 9.17) is 10.5 Å². The molecule has 0 aliphatic heterocycles. The van der Waals surface area contributed by atoms with Gasteiger partial charge < -0.3 is 10.5 Å². The molecule has 1 rings (SSSR count). The molecule has 0 amide bonds. The van der Waals surface area contributed by atoms with Gasteiger partial charge in [-0.2, -0.15) is 13.2 Å². The Morgan fingerprint density at radius 1 is 1.28 bits per heavy atom. The SMILES string of the molecule is CC(N)Cc1cc(F)cc(OCCC(F)(F)F)c1. The number of hydrogen-bond acceptors (Lipinski definition) is 2. The summed E-state index contributed by atoms with van der Waals surface area (Å²) in [5.41, 5.74) is 6.17. The van der Waals surface area contributed by atoms with Gasteiger partial charge in [-0.1, -0.05) is 0 Å². The van der Waals surface area contributed by atoms with Gasteiger partial charge in [0.25, 0.3) is 0 Å². The normalized spacial score (nSPS) is 13.4. The van der Waals surface area contributed by atoms with Gasteiger partial charge in [0.05, 0.1) is 13.0 Å². The fraction of sp³-hybridized carbons (Fsp3) is 0.500. The lowest BCUT2D eigenvalue weighted by atomic mass is 10.1. The highest BCUT2D eigenvalue weighted by Gasteiger charge is 2.26. The third-order valence-electron chi connectivity index (χ3n) is 2.14. The summed E-state index contributed by atoms with van der Waals surface area (Å²) >= 11 is 0. The number of nitrogens with two attached hydrogens (primary N) is 1. The van der Waals surface area contributed by atoms with Crippen LogP contribution in [0.25, 0.3) is 0 Å². The van der Waals surface area contributed by atoms with Crippen molar-refractivity contribution in [2.45, 2.75) is 32.0 Å². The monoisotopic (exact) mass is 265 g/mol. The minimum atomic E-state index is -4.28. The fourth-order valence-electron chi connectivity index (χ4n) is 1.48. The molecule has 2 nitrogen and oxygen atoms in total. The first kappa shape index (κ1) is 14.8. The van der Waals surface area contributed by atoms with Crippen LogP contribution < -0.4 is 10.5 Å². The Bertz CT molecular complexity index is 390. The molecule has 0 heterocycles. The number of hydrogen-bond donors (Lipinski definition) is 1. The van der Waals surface area contributed by atoms with E-state index in [1.807, 2.05) is 0 Å². The molecule has 0 bridgehead atoms. The first-order valence-corrected chi connectivity index (χ1v) is 5.51. The summed E-state index contributed by atoms with van der Waals surface area (Å²) in [6.07, 6.45) is -4.90. The van der Waals surface area contributed by atoms with Crippen LogP contribution in [0.5, 0.6) is 5.75 Å². The Kier molecular flexibility index (Phi) is 4.95. The summed E-state index contributed by atoms with van der Waals surface area (Å²) < 4.78 is 53.8. The molecule has 0 radical (unpaired) electrons. The molecule has 1 unspecified atom stereocenters. The molecular formula is C12H15F4NO. The quantitative estimate of drug-likeness (QED) is 0.830.